The summed E-state index contributed by atoms with van der Waals surface area (Å²) in [5.74, 6) is -0.600. The van der Waals surface area contributed by atoms with E-state index in [4.69, 9.17) is 16.7 Å². The maximum atomic E-state index is 11.1. The van der Waals surface area contributed by atoms with E-state index in [1.165, 1.54) is 4.68 Å². The fourth-order valence-electron chi connectivity index (χ4n) is 1.72. The number of hydrogen-bond donors (Lipinski definition) is 1. The molecule has 0 aliphatic rings. The second kappa shape index (κ2) is 4.70. The highest BCUT2D eigenvalue weighted by atomic mass is 79.9. The third-order valence-electron chi connectivity index (χ3n) is 2.49. The van der Waals surface area contributed by atoms with Gasteiger partial charge in [0.05, 0.1) is 16.4 Å². The molecule has 0 spiro atoms. The van der Waals surface area contributed by atoms with Gasteiger partial charge in [0.2, 0.25) is 0 Å². The zero-order valence-electron chi connectivity index (χ0n) is 9.61. The Bertz CT molecular complexity index is 639. The van der Waals surface area contributed by atoms with Gasteiger partial charge in [-0.15, -0.1) is 0 Å². The van der Waals surface area contributed by atoms with Gasteiger partial charge in [0, 0.05) is 10.7 Å². The van der Waals surface area contributed by atoms with Crippen molar-refractivity contribution < 1.29 is 9.90 Å². The van der Waals surface area contributed by atoms with Crippen LogP contribution in [0.2, 0.25) is 5.02 Å². The topological polar surface area (TPSA) is 68.0 Å². The van der Waals surface area contributed by atoms with E-state index in [2.05, 4.69) is 26.0 Å². The predicted octanol–water partition coefficient (Wildman–Crippen LogP) is 3.00. The molecule has 1 N–H and O–H groups in total. The van der Waals surface area contributed by atoms with Gasteiger partial charge in [-0.3, -0.25) is 0 Å². The van der Waals surface area contributed by atoms with Crippen molar-refractivity contribution in [3.63, 3.8) is 0 Å². The van der Waals surface area contributed by atoms with Crippen molar-refractivity contribution in [3.8, 4) is 5.82 Å². The number of aromatic carboxylic acids is 1. The minimum absolute atomic E-state index is 0.177. The molecule has 0 aliphatic heterocycles. The average Bonchev–Trinajstić information content (AvgIpc) is 2.54. The number of aryl methyl sites for hydroxylation is 1. The fraction of sp³-hybridized carbons (Fsp3) is 0.182. The summed E-state index contributed by atoms with van der Waals surface area (Å²) in [6.45, 7) is 3.31. The van der Waals surface area contributed by atoms with Crippen LogP contribution in [0.5, 0.6) is 0 Å². The second-order valence-electron chi connectivity index (χ2n) is 3.72. The van der Waals surface area contributed by atoms with Gasteiger partial charge in [0.1, 0.15) is 5.56 Å². The summed E-state index contributed by atoms with van der Waals surface area (Å²) in [6.07, 6.45) is 1.58. The third kappa shape index (κ3) is 2.13. The number of carboxylic acid groups (broad SMARTS) is 1. The molecule has 0 atom stereocenters. The van der Waals surface area contributed by atoms with Crippen molar-refractivity contribution in [2.75, 3.05) is 0 Å². The van der Waals surface area contributed by atoms with Crippen LogP contribution in [-0.4, -0.2) is 25.8 Å². The number of hydrogen-bond acceptors (Lipinski definition) is 3. The lowest BCUT2D eigenvalue weighted by atomic mass is 10.2. The lowest BCUT2D eigenvalue weighted by molar-refractivity contribution is 0.0695. The standard InChI is InChI=1S/C11H9BrClN3O2/c1-5-9(11(17)18)6(2)16(15-5)10-8(13)3-7(12)4-14-10/h3-4H,1-2H3,(H,17,18). The summed E-state index contributed by atoms with van der Waals surface area (Å²) in [7, 11) is 0. The number of carboxylic acids is 1. The van der Waals surface area contributed by atoms with Crippen molar-refractivity contribution in [3.05, 3.63) is 38.7 Å². The van der Waals surface area contributed by atoms with Crippen LogP contribution in [0.25, 0.3) is 5.82 Å². The first kappa shape index (κ1) is 13.0. The first-order valence-corrected chi connectivity index (χ1v) is 6.20. The molecule has 0 unspecified atom stereocenters. The van der Waals surface area contributed by atoms with E-state index in [-0.39, 0.29) is 5.56 Å². The Balaban J connectivity index is 2.65. The van der Waals surface area contributed by atoms with E-state index in [1.807, 2.05) is 0 Å². The van der Waals surface area contributed by atoms with Crippen molar-refractivity contribution in [1.29, 1.82) is 0 Å². The lowest BCUT2D eigenvalue weighted by Gasteiger charge is -2.05. The second-order valence-corrected chi connectivity index (χ2v) is 5.04. The number of nitrogens with zero attached hydrogens (tertiary/aromatic N) is 3. The first-order valence-electron chi connectivity index (χ1n) is 5.02. The van der Waals surface area contributed by atoms with E-state index >= 15 is 0 Å². The zero-order valence-corrected chi connectivity index (χ0v) is 11.9. The van der Waals surface area contributed by atoms with Crippen LogP contribution in [0.15, 0.2) is 16.7 Å². The third-order valence-corrected chi connectivity index (χ3v) is 3.21. The Morgan fingerprint density at radius 3 is 2.67 bits per heavy atom. The van der Waals surface area contributed by atoms with Gasteiger partial charge in [-0.05, 0) is 35.8 Å². The van der Waals surface area contributed by atoms with E-state index in [0.717, 1.165) is 4.47 Å². The molecule has 0 radical (unpaired) electrons. The molecule has 0 amide bonds. The van der Waals surface area contributed by atoms with Crippen LogP contribution in [0, 0.1) is 13.8 Å². The van der Waals surface area contributed by atoms with Gasteiger partial charge in [-0.2, -0.15) is 5.10 Å². The number of carbonyl (C=O) groups is 1. The van der Waals surface area contributed by atoms with E-state index < -0.39 is 5.97 Å². The SMILES string of the molecule is Cc1nn(-c2ncc(Br)cc2Cl)c(C)c1C(=O)O. The van der Waals surface area contributed by atoms with Gasteiger partial charge in [0.25, 0.3) is 0 Å². The zero-order chi connectivity index (χ0) is 13.4. The maximum Gasteiger partial charge on any atom is 0.339 e. The van der Waals surface area contributed by atoms with Crippen molar-refractivity contribution in [2.45, 2.75) is 13.8 Å². The molecule has 2 aromatic heterocycles. The highest BCUT2D eigenvalue weighted by Gasteiger charge is 2.20. The molecule has 0 saturated carbocycles. The largest absolute Gasteiger partial charge is 0.478 e. The lowest BCUT2D eigenvalue weighted by Crippen LogP contribution is -2.04. The molecule has 0 aromatic carbocycles. The average molecular weight is 331 g/mol. The molecule has 0 bridgehead atoms. The number of halogens is 2. The van der Waals surface area contributed by atoms with Crippen LogP contribution in [0.3, 0.4) is 0 Å². The molecule has 0 saturated heterocycles. The van der Waals surface area contributed by atoms with Crippen LogP contribution >= 0.6 is 27.5 Å². The smallest absolute Gasteiger partial charge is 0.339 e. The Morgan fingerprint density at radius 2 is 2.17 bits per heavy atom. The molecule has 5 nitrogen and oxygen atoms in total. The summed E-state index contributed by atoms with van der Waals surface area (Å²) in [5.41, 5.74) is 1.10. The van der Waals surface area contributed by atoms with E-state index in [0.29, 0.717) is 22.2 Å². The van der Waals surface area contributed by atoms with Crippen molar-refractivity contribution in [2.24, 2.45) is 0 Å². The summed E-state index contributed by atoms with van der Waals surface area (Å²) >= 11 is 9.34. The van der Waals surface area contributed by atoms with Gasteiger partial charge in [-0.25, -0.2) is 14.5 Å². The molecule has 18 heavy (non-hydrogen) atoms. The Morgan fingerprint density at radius 1 is 1.50 bits per heavy atom. The highest BCUT2D eigenvalue weighted by Crippen LogP contribution is 2.24. The van der Waals surface area contributed by atoms with Crippen LogP contribution < -0.4 is 0 Å². The molecule has 2 aromatic rings. The molecule has 0 aliphatic carbocycles. The van der Waals surface area contributed by atoms with Gasteiger partial charge in [0.15, 0.2) is 5.82 Å². The first-order chi connectivity index (χ1) is 8.41. The maximum absolute atomic E-state index is 11.1. The fourth-order valence-corrected chi connectivity index (χ4v) is 2.43. The van der Waals surface area contributed by atoms with E-state index in [1.54, 1.807) is 26.1 Å². The van der Waals surface area contributed by atoms with Gasteiger partial charge >= 0.3 is 5.97 Å². The summed E-state index contributed by atoms with van der Waals surface area (Å²) in [4.78, 5) is 15.3. The number of pyridine rings is 1. The van der Waals surface area contributed by atoms with Crippen molar-refractivity contribution >= 4 is 33.5 Å². The monoisotopic (exact) mass is 329 g/mol. The number of rotatable bonds is 2. The quantitative estimate of drug-likeness (QED) is 0.919. The van der Waals surface area contributed by atoms with E-state index in [9.17, 15) is 4.79 Å². The van der Waals surface area contributed by atoms with Gasteiger partial charge in [-0.1, -0.05) is 11.6 Å². The molecule has 2 heterocycles. The normalized spacial score (nSPS) is 10.7. The Kier molecular flexibility index (Phi) is 3.41. The van der Waals surface area contributed by atoms with Crippen molar-refractivity contribution in [1.82, 2.24) is 14.8 Å². The molecular formula is C11H9BrClN3O2. The minimum Gasteiger partial charge on any atom is -0.478 e. The molecule has 2 rings (SSSR count). The van der Waals surface area contributed by atoms with Crippen LogP contribution in [0.4, 0.5) is 0 Å². The van der Waals surface area contributed by atoms with Crippen LogP contribution in [0.1, 0.15) is 21.7 Å². The summed E-state index contributed by atoms with van der Waals surface area (Å²) in [6, 6.07) is 1.68. The van der Waals surface area contributed by atoms with Crippen LogP contribution in [-0.2, 0) is 0 Å². The van der Waals surface area contributed by atoms with Gasteiger partial charge < -0.3 is 5.11 Å². The minimum atomic E-state index is -1.01. The molecule has 94 valence electrons. The predicted molar refractivity (Wildman–Crippen MR) is 70.5 cm³/mol. The summed E-state index contributed by atoms with van der Waals surface area (Å²) < 4.78 is 2.18. The molecule has 0 fully saturated rings. The Hall–Kier alpha value is -1.40. The Labute approximate surface area is 117 Å². The number of aromatic nitrogens is 3. The molecular weight excluding hydrogens is 321 g/mol. The molecule has 7 heteroatoms. The summed E-state index contributed by atoms with van der Waals surface area (Å²) in [5, 5.41) is 13.7. The highest BCUT2D eigenvalue weighted by molar-refractivity contribution is 9.10.